The van der Waals surface area contributed by atoms with Crippen LogP contribution in [0.3, 0.4) is 0 Å². The fourth-order valence-corrected chi connectivity index (χ4v) is 5.21. The lowest BCUT2D eigenvalue weighted by Gasteiger charge is -2.39. The van der Waals surface area contributed by atoms with Crippen molar-refractivity contribution in [3.63, 3.8) is 0 Å². The summed E-state index contributed by atoms with van der Waals surface area (Å²) in [7, 11) is -1.85. The highest BCUT2D eigenvalue weighted by Crippen LogP contribution is 2.46. The highest BCUT2D eigenvalue weighted by atomic mass is 31.2. The zero-order chi connectivity index (χ0) is 21.1. The fourth-order valence-electron chi connectivity index (χ4n) is 3.43. The molecular weight excluding hydrogens is 393 g/mol. The Labute approximate surface area is 170 Å². The number of nitrogens with one attached hydrogen (secondary N) is 1. The molecule has 0 saturated carbocycles. The molecule has 1 fully saturated rings. The van der Waals surface area contributed by atoms with Crippen molar-refractivity contribution < 1.29 is 28.8 Å². The average molecular weight is 419 g/mol. The first kappa shape index (κ1) is 21.5. The summed E-state index contributed by atoms with van der Waals surface area (Å²) in [5.41, 5.74) is 1.24. The van der Waals surface area contributed by atoms with Crippen molar-refractivity contribution in [2.24, 2.45) is 0 Å². The first-order chi connectivity index (χ1) is 13.7. The number of carboxylic acids is 1. The predicted molar refractivity (Wildman–Crippen MR) is 110 cm³/mol. The van der Waals surface area contributed by atoms with E-state index < -0.39 is 18.9 Å². The van der Waals surface area contributed by atoms with Crippen molar-refractivity contribution in [1.82, 2.24) is 5.32 Å². The molecule has 7 nitrogen and oxygen atoms in total. The molecule has 0 aliphatic carbocycles. The third-order valence-corrected chi connectivity index (χ3v) is 6.99. The molecule has 1 aliphatic heterocycles. The Morgan fingerprint density at radius 3 is 2.62 bits per heavy atom. The van der Waals surface area contributed by atoms with E-state index in [1.807, 2.05) is 13.0 Å². The SMILES string of the molecule is COc1ccc(CP(=O)(O)C[C@H]2CN[C@](C)(c3cccc(C(=O)O)c3)CO2)cc1. The van der Waals surface area contributed by atoms with Crippen LogP contribution in [0.4, 0.5) is 0 Å². The summed E-state index contributed by atoms with van der Waals surface area (Å²) in [6, 6.07) is 13.8. The van der Waals surface area contributed by atoms with Crippen LogP contribution >= 0.6 is 7.37 Å². The van der Waals surface area contributed by atoms with Crippen LogP contribution in [-0.4, -0.2) is 48.5 Å². The standard InChI is InChI=1S/C21H26NO6P/c1-21(17-5-3-4-16(10-17)20(23)24)14-28-19(11-22-21)13-29(25,26)12-15-6-8-18(27-2)9-7-15/h3-10,19,22H,11-14H2,1-2H3,(H,23,24)(H,25,26)/t19-,21+/m1/s1. The van der Waals surface area contributed by atoms with Gasteiger partial charge in [0.2, 0.25) is 7.37 Å². The average Bonchev–Trinajstić information content (AvgIpc) is 2.70. The zero-order valence-electron chi connectivity index (χ0n) is 16.5. The summed E-state index contributed by atoms with van der Waals surface area (Å²) in [6.45, 7) is 2.62. The number of rotatable bonds is 7. The van der Waals surface area contributed by atoms with E-state index in [9.17, 15) is 19.4 Å². The number of hydrogen-bond donors (Lipinski definition) is 3. The fraction of sp³-hybridized carbons (Fsp3) is 0.381. The minimum atomic E-state index is -3.42. The summed E-state index contributed by atoms with van der Waals surface area (Å²) >= 11 is 0. The van der Waals surface area contributed by atoms with E-state index in [4.69, 9.17) is 9.47 Å². The van der Waals surface area contributed by atoms with Crippen molar-refractivity contribution in [2.75, 3.05) is 26.4 Å². The molecule has 8 heteroatoms. The molecule has 1 unspecified atom stereocenters. The van der Waals surface area contributed by atoms with E-state index in [1.54, 1.807) is 49.6 Å². The Kier molecular flexibility index (Phi) is 6.44. The summed E-state index contributed by atoms with van der Waals surface area (Å²) in [6.07, 6.45) is -0.258. The van der Waals surface area contributed by atoms with Crippen molar-refractivity contribution in [3.05, 3.63) is 65.2 Å². The molecule has 0 aromatic heterocycles. The third-order valence-electron chi connectivity index (χ3n) is 5.15. The van der Waals surface area contributed by atoms with Crippen molar-refractivity contribution in [2.45, 2.75) is 24.7 Å². The molecular formula is C21H26NO6P. The van der Waals surface area contributed by atoms with Crippen LogP contribution in [0.25, 0.3) is 0 Å². The largest absolute Gasteiger partial charge is 0.497 e. The number of methoxy groups -OCH3 is 1. The number of hydrogen-bond acceptors (Lipinski definition) is 5. The van der Waals surface area contributed by atoms with E-state index in [0.29, 0.717) is 12.3 Å². The summed E-state index contributed by atoms with van der Waals surface area (Å²) in [4.78, 5) is 21.7. The molecule has 1 heterocycles. The molecule has 1 aliphatic rings. The number of carbonyl (C=O) groups is 1. The van der Waals surface area contributed by atoms with Crippen LogP contribution in [0.1, 0.15) is 28.4 Å². The summed E-state index contributed by atoms with van der Waals surface area (Å²) in [5.74, 6) is -0.280. The van der Waals surface area contributed by atoms with E-state index in [0.717, 1.165) is 11.1 Å². The van der Waals surface area contributed by atoms with E-state index in [2.05, 4.69) is 5.32 Å². The van der Waals surface area contributed by atoms with Crippen LogP contribution in [0.2, 0.25) is 0 Å². The molecule has 3 atom stereocenters. The molecule has 3 N–H and O–H groups in total. The Morgan fingerprint density at radius 2 is 2.03 bits per heavy atom. The van der Waals surface area contributed by atoms with Gasteiger partial charge < -0.3 is 24.8 Å². The first-order valence-corrected chi connectivity index (χ1v) is 11.4. The molecule has 0 radical (unpaired) electrons. The molecule has 1 saturated heterocycles. The first-order valence-electron chi connectivity index (χ1n) is 9.35. The molecule has 0 bridgehead atoms. The van der Waals surface area contributed by atoms with Crippen LogP contribution < -0.4 is 10.1 Å². The maximum absolute atomic E-state index is 12.7. The second kappa shape index (κ2) is 8.67. The number of carboxylic acid groups (broad SMARTS) is 1. The Hall–Kier alpha value is -2.18. The third kappa shape index (κ3) is 5.46. The number of morpholine rings is 1. The van der Waals surface area contributed by atoms with Gasteiger partial charge in [-0.1, -0.05) is 24.3 Å². The minimum Gasteiger partial charge on any atom is -0.497 e. The second-order valence-electron chi connectivity index (χ2n) is 7.57. The molecule has 29 heavy (non-hydrogen) atoms. The number of aromatic carboxylic acids is 1. The lowest BCUT2D eigenvalue weighted by Crippen LogP contribution is -2.53. The monoisotopic (exact) mass is 419 g/mol. The maximum Gasteiger partial charge on any atom is 0.335 e. The topological polar surface area (TPSA) is 105 Å². The second-order valence-corrected chi connectivity index (χ2v) is 9.94. The Morgan fingerprint density at radius 1 is 1.31 bits per heavy atom. The van der Waals surface area contributed by atoms with Crippen molar-refractivity contribution in [1.29, 1.82) is 0 Å². The van der Waals surface area contributed by atoms with Crippen LogP contribution in [0.15, 0.2) is 48.5 Å². The van der Waals surface area contributed by atoms with Gasteiger partial charge in [0.15, 0.2) is 0 Å². The summed E-state index contributed by atoms with van der Waals surface area (Å²) in [5, 5.41) is 12.6. The van der Waals surface area contributed by atoms with Gasteiger partial charge in [-0.15, -0.1) is 0 Å². The van der Waals surface area contributed by atoms with E-state index in [1.165, 1.54) is 0 Å². The lowest BCUT2D eigenvalue weighted by molar-refractivity contribution is -0.0187. The van der Waals surface area contributed by atoms with Gasteiger partial charge >= 0.3 is 5.97 Å². The molecule has 3 rings (SSSR count). The van der Waals surface area contributed by atoms with E-state index in [-0.39, 0.29) is 30.6 Å². The van der Waals surface area contributed by atoms with Crippen LogP contribution in [0.5, 0.6) is 5.75 Å². The minimum absolute atomic E-state index is 0.0529. The smallest absolute Gasteiger partial charge is 0.335 e. The van der Waals surface area contributed by atoms with Gasteiger partial charge in [-0.25, -0.2) is 4.79 Å². The highest BCUT2D eigenvalue weighted by Gasteiger charge is 2.36. The van der Waals surface area contributed by atoms with Crippen molar-refractivity contribution >= 4 is 13.3 Å². The normalized spacial score (nSPS) is 23.9. The lowest BCUT2D eigenvalue weighted by atomic mass is 9.90. The Bertz CT molecular complexity index is 906. The van der Waals surface area contributed by atoms with E-state index >= 15 is 0 Å². The summed E-state index contributed by atoms with van der Waals surface area (Å²) < 4.78 is 23.7. The molecule has 0 amide bonds. The predicted octanol–water partition coefficient (Wildman–Crippen LogP) is 3.07. The van der Waals surface area contributed by atoms with Gasteiger partial charge in [0.05, 0.1) is 37.1 Å². The van der Waals surface area contributed by atoms with Gasteiger partial charge in [0.25, 0.3) is 0 Å². The molecule has 0 spiro atoms. The number of ether oxygens (including phenoxy) is 2. The van der Waals surface area contributed by atoms with Gasteiger partial charge in [-0.3, -0.25) is 4.57 Å². The van der Waals surface area contributed by atoms with Crippen LogP contribution in [0, 0.1) is 0 Å². The van der Waals surface area contributed by atoms with Gasteiger partial charge in [0, 0.05) is 12.7 Å². The number of benzene rings is 2. The van der Waals surface area contributed by atoms with Gasteiger partial charge in [-0.05, 0) is 42.3 Å². The zero-order valence-corrected chi connectivity index (χ0v) is 17.4. The molecule has 2 aromatic carbocycles. The van der Waals surface area contributed by atoms with Crippen molar-refractivity contribution in [3.8, 4) is 5.75 Å². The highest BCUT2D eigenvalue weighted by molar-refractivity contribution is 7.57. The molecule has 156 valence electrons. The van der Waals surface area contributed by atoms with Crippen LogP contribution in [-0.2, 0) is 21.0 Å². The quantitative estimate of drug-likeness (QED) is 0.593. The van der Waals surface area contributed by atoms with Gasteiger partial charge in [-0.2, -0.15) is 0 Å². The maximum atomic E-state index is 12.7. The van der Waals surface area contributed by atoms with Gasteiger partial charge in [0.1, 0.15) is 5.75 Å². The molecule has 2 aromatic rings. The Balaban J connectivity index is 1.60.